The van der Waals surface area contributed by atoms with Gasteiger partial charge in [0.05, 0.1) is 0 Å². The fourth-order valence-electron chi connectivity index (χ4n) is 3.92. The number of benzene rings is 1. The summed E-state index contributed by atoms with van der Waals surface area (Å²) in [5.74, 6) is 0. The first-order chi connectivity index (χ1) is 14.9. The highest BCUT2D eigenvalue weighted by atomic mass is 35.5. The maximum Gasteiger partial charge on any atom is 0.434 e. The third-order valence-electron chi connectivity index (χ3n) is 5.58. The number of piperazine rings is 1. The van der Waals surface area contributed by atoms with Crippen molar-refractivity contribution in [1.82, 2.24) is 9.80 Å². The van der Waals surface area contributed by atoms with Crippen LogP contribution >= 0.6 is 11.6 Å². The maximum atomic E-state index is 12.6. The lowest BCUT2D eigenvalue weighted by Gasteiger charge is -2.36. The number of piperidine rings is 1. The zero-order valence-corrected chi connectivity index (χ0v) is 17.9. The topological polar surface area (TPSA) is 36.0 Å². The van der Waals surface area contributed by atoms with Crippen molar-refractivity contribution in [1.29, 1.82) is 0 Å². The molecule has 2 aliphatic rings. The molecule has 2 heterocycles. The Morgan fingerprint density at radius 1 is 0.938 bits per heavy atom. The van der Waals surface area contributed by atoms with Crippen molar-refractivity contribution in [2.75, 3.05) is 44.2 Å². The van der Waals surface area contributed by atoms with Crippen molar-refractivity contribution < 1.29 is 35.9 Å². The molecule has 0 aliphatic carbocycles. The number of amides is 1. The van der Waals surface area contributed by atoms with E-state index in [4.69, 9.17) is 11.6 Å². The molecule has 0 saturated carbocycles. The second kappa shape index (κ2) is 9.94. The molecule has 3 rings (SSSR count). The summed E-state index contributed by atoms with van der Waals surface area (Å²) in [4.78, 5) is 17.1. The van der Waals surface area contributed by atoms with E-state index in [9.17, 15) is 31.1 Å². The molecule has 0 unspecified atom stereocenters. The Morgan fingerprint density at radius 3 is 2.09 bits per heavy atom. The van der Waals surface area contributed by atoms with Crippen LogP contribution in [0.3, 0.4) is 0 Å². The van der Waals surface area contributed by atoms with Gasteiger partial charge in [0.1, 0.15) is 0 Å². The molecule has 1 aromatic carbocycles. The number of hydrogen-bond donors (Lipinski definition) is 0. The fourth-order valence-corrected chi connectivity index (χ4v) is 4.09. The van der Waals surface area contributed by atoms with Crippen LogP contribution < -0.4 is 4.90 Å². The number of anilines is 1. The van der Waals surface area contributed by atoms with Crippen LogP contribution in [0.25, 0.3) is 0 Å². The van der Waals surface area contributed by atoms with E-state index in [1.807, 2.05) is 17.0 Å². The van der Waals surface area contributed by atoms with Crippen LogP contribution in [0.15, 0.2) is 18.2 Å². The molecule has 0 N–H and O–H groups in total. The van der Waals surface area contributed by atoms with Gasteiger partial charge in [0.2, 0.25) is 0 Å². The van der Waals surface area contributed by atoms with E-state index in [-0.39, 0.29) is 13.1 Å². The van der Waals surface area contributed by atoms with Gasteiger partial charge in [-0.15, -0.1) is 0 Å². The summed E-state index contributed by atoms with van der Waals surface area (Å²) < 4.78 is 79.6. The number of carbonyl (C=O) groups is 1. The van der Waals surface area contributed by atoms with Crippen molar-refractivity contribution in [2.24, 2.45) is 0 Å². The molecule has 180 valence electrons. The Hall–Kier alpha value is -1.88. The number of rotatable bonds is 4. The average Bonchev–Trinajstić information content (AvgIpc) is 2.72. The van der Waals surface area contributed by atoms with Crippen LogP contribution in [0.5, 0.6) is 0 Å². The summed E-state index contributed by atoms with van der Waals surface area (Å²) in [5, 5.41) is 0.616. The monoisotopic (exact) mass is 487 g/mol. The predicted octanol–water partition coefficient (Wildman–Crippen LogP) is 5.08. The molecule has 0 atom stereocenters. The van der Waals surface area contributed by atoms with E-state index in [2.05, 4.69) is 9.64 Å². The minimum atomic E-state index is -5.73. The standard InChI is InChI=1S/C20H24ClF6N3O2/c21-15-5-4-14(16(12-15)29-6-2-1-3-7-29)13-28-8-10-30(11-9-28)18(31)32-17(19(22,23)24)20(25,26)27/h4-5,12,17H,1-3,6-11,13H2. The third kappa shape index (κ3) is 6.34. The number of nitrogens with zero attached hydrogens (tertiary/aromatic N) is 3. The van der Waals surface area contributed by atoms with E-state index < -0.39 is 24.5 Å². The Balaban J connectivity index is 1.59. The van der Waals surface area contributed by atoms with Crippen LogP contribution in [0, 0.1) is 0 Å². The summed E-state index contributed by atoms with van der Waals surface area (Å²) >= 11 is 6.18. The highest BCUT2D eigenvalue weighted by Gasteiger charge is 2.60. The first kappa shape index (κ1) is 24.8. The van der Waals surface area contributed by atoms with Crippen LogP contribution in [0.1, 0.15) is 24.8 Å². The van der Waals surface area contributed by atoms with Crippen molar-refractivity contribution in [2.45, 2.75) is 44.3 Å². The molecule has 0 radical (unpaired) electrons. The van der Waals surface area contributed by atoms with E-state index in [0.717, 1.165) is 42.1 Å². The van der Waals surface area contributed by atoms with Gasteiger partial charge in [-0.05, 0) is 37.0 Å². The fraction of sp³-hybridized carbons (Fsp3) is 0.650. The number of ether oxygens (including phenoxy) is 1. The number of alkyl halides is 6. The van der Waals surface area contributed by atoms with Crippen molar-refractivity contribution >= 4 is 23.4 Å². The van der Waals surface area contributed by atoms with Gasteiger partial charge < -0.3 is 14.5 Å². The Kier molecular flexibility index (Phi) is 7.69. The van der Waals surface area contributed by atoms with Gasteiger partial charge in [-0.1, -0.05) is 17.7 Å². The molecule has 1 amide bonds. The van der Waals surface area contributed by atoms with Gasteiger partial charge in [-0.25, -0.2) is 4.79 Å². The highest BCUT2D eigenvalue weighted by Crippen LogP contribution is 2.36. The van der Waals surface area contributed by atoms with Gasteiger partial charge in [0, 0.05) is 56.5 Å². The van der Waals surface area contributed by atoms with Crippen molar-refractivity contribution in [3.05, 3.63) is 28.8 Å². The molecule has 0 aromatic heterocycles. The zero-order valence-electron chi connectivity index (χ0n) is 17.2. The van der Waals surface area contributed by atoms with Crippen LogP contribution in [0.4, 0.5) is 36.8 Å². The third-order valence-corrected chi connectivity index (χ3v) is 5.82. The Bertz CT molecular complexity index is 777. The summed E-state index contributed by atoms with van der Waals surface area (Å²) in [6.45, 7) is 2.89. The molecule has 5 nitrogen and oxygen atoms in total. The highest BCUT2D eigenvalue weighted by molar-refractivity contribution is 6.30. The second-order valence-electron chi connectivity index (χ2n) is 7.93. The van der Waals surface area contributed by atoms with Crippen LogP contribution in [0.2, 0.25) is 5.02 Å². The minimum Gasteiger partial charge on any atom is -0.426 e. The lowest BCUT2D eigenvalue weighted by atomic mass is 10.1. The maximum absolute atomic E-state index is 12.6. The molecular formula is C20H24ClF6N3O2. The summed E-state index contributed by atoms with van der Waals surface area (Å²) in [6.07, 6.45) is -13.9. The van der Waals surface area contributed by atoms with Crippen LogP contribution in [-0.4, -0.2) is 73.6 Å². The summed E-state index contributed by atoms with van der Waals surface area (Å²) in [5.41, 5.74) is 2.05. The molecule has 32 heavy (non-hydrogen) atoms. The summed E-state index contributed by atoms with van der Waals surface area (Å²) in [6, 6.07) is 5.61. The van der Waals surface area contributed by atoms with E-state index >= 15 is 0 Å². The normalized spacial score (nSPS) is 18.9. The SMILES string of the molecule is O=C(OC(C(F)(F)F)C(F)(F)F)N1CCN(Cc2ccc(Cl)cc2N2CCCCC2)CC1. The quantitative estimate of drug-likeness (QED) is 0.555. The smallest absolute Gasteiger partial charge is 0.426 e. The van der Waals surface area contributed by atoms with E-state index in [1.165, 1.54) is 6.42 Å². The first-order valence-electron chi connectivity index (χ1n) is 10.3. The van der Waals surface area contributed by atoms with Crippen LogP contribution in [-0.2, 0) is 11.3 Å². The molecule has 2 aliphatic heterocycles. The zero-order chi connectivity index (χ0) is 23.5. The molecule has 2 fully saturated rings. The molecular weight excluding hydrogens is 464 g/mol. The molecule has 12 heteroatoms. The van der Waals surface area contributed by atoms with Gasteiger partial charge >= 0.3 is 18.4 Å². The average molecular weight is 488 g/mol. The Morgan fingerprint density at radius 2 is 1.53 bits per heavy atom. The summed E-state index contributed by atoms with van der Waals surface area (Å²) in [7, 11) is 0. The van der Waals surface area contributed by atoms with Gasteiger partial charge in [0.15, 0.2) is 0 Å². The number of halogens is 7. The largest absolute Gasteiger partial charge is 0.434 e. The van der Waals surface area contributed by atoms with Gasteiger partial charge in [0.25, 0.3) is 6.10 Å². The Labute approximate surface area is 186 Å². The predicted molar refractivity (Wildman–Crippen MR) is 107 cm³/mol. The molecule has 0 bridgehead atoms. The minimum absolute atomic E-state index is 0.0338. The van der Waals surface area contributed by atoms with E-state index in [1.54, 1.807) is 6.07 Å². The number of carbonyl (C=O) groups excluding carboxylic acids is 1. The lowest BCUT2D eigenvalue weighted by Crippen LogP contribution is -2.52. The molecule has 0 spiro atoms. The lowest BCUT2D eigenvalue weighted by molar-refractivity contribution is -0.308. The second-order valence-corrected chi connectivity index (χ2v) is 8.37. The van der Waals surface area contributed by atoms with E-state index in [0.29, 0.717) is 24.7 Å². The number of hydrogen-bond acceptors (Lipinski definition) is 4. The molecule has 1 aromatic rings. The van der Waals surface area contributed by atoms with Crippen molar-refractivity contribution in [3.63, 3.8) is 0 Å². The first-order valence-corrected chi connectivity index (χ1v) is 10.7. The van der Waals surface area contributed by atoms with Gasteiger partial charge in [-0.2, -0.15) is 26.3 Å². The van der Waals surface area contributed by atoms with Crippen molar-refractivity contribution in [3.8, 4) is 0 Å². The van der Waals surface area contributed by atoms with Gasteiger partial charge in [-0.3, -0.25) is 4.90 Å². The molecule has 2 saturated heterocycles.